The molecule has 1 aromatic rings. The van der Waals surface area contributed by atoms with Crippen LogP contribution in [0, 0.1) is 0 Å². The Hall–Kier alpha value is -1.59. The van der Waals surface area contributed by atoms with E-state index >= 15 is 0 Å². The molecule has 116 valence electrons. The fourth-order valence-corrected chi connectivity index (χ4v) is 2.08. The first-order chi connectivity index (χ1) is 10.2. The highest BCUT2D eigenvalue weighted by molar-refractivity contribution is 5.73. The summed E-state index contributed by atoms with van der Waals surface area (Å²) in [5.41, 5.74) is 0.869. The fraction of sp³-hybridized carbons (Fsp3) is 0.562. The Bertz CT molecular complexity index is 466. The van der Waals surface area contributed by atoms with Gasteiger partial charge in [-0.25, -0.2) is 0 Å². The minimum atomic E-state index is -0.377. The maximum absolute atomic E-state index is 11.6. The molecule has 0 radical (unpaired) electrons. The molecular weight excluding hydrogens is 272 g/mol. The molecule has 1 aromatic carbocycles. The summed E-state index contributed by atoms with van der Waals surface area (Å²) < 4.78 is 22.0. The fourth-order valence-electron chi connectivity index (χ4n) is 2.08. The van der Waals surface area contributed by atoms with Crippen LogP contribution in [-0.4, -0.2) is 25.8 Å². The number of ether oxygens (including phenoxy) is 4. The van der Waals surface area contributed by atoms with E-state index in [9.17, 15) is 4.79 Å². The summed E-state index contributed by atoms with van der Waals surface area (Å²) >= 11 is 0. The van der Waals surface area contributed by atoms with Crippen molar-refractivity contribution in [1.29, 1.82) is 0 Å². The summed E-state index contributed by atoms with van der Waals surface area (Å²) in [6.07, 6.45) is 1.67. The predicted octanol–water partition coefficient (Wildman–Crippen LogP) is 3.23. The SMILES string of the molecule is CCCC(=O)Oc1ccc(C2OCCCO2)cc1OCC. The molecule has 1 heterocycles. The summed E-state index contributed by atoms with van der Waals surface area (Å²) in [4.78, 5) is 11.6. The summed E-state index contributed by atoms with van der Waals surface area (Å²) in [6.45, 7) is 5.68. The van der Waals surface area contributed by atoms with E-state index in [1.54, 1.807) is 6.07 Å². The lowest BCUT2D eigenvalue weighted by molar-refractivity contribution is -0.183. The van der Waals surface area contributed by atoms with E-state index in [2.05, 4.69) is 0 Å². The van der Waals surface area contributed by atoms with Crippen molar-refractivity contribution in [3.63, 3.8) is 0 Å². The largest absolute Gasteiger partial charge is 0.490 e. The van der Waals surface area contributed by atoms with Crippen molar-refractivity contribution in [2.45, 2.75) is 39.4 Å². The van der Waals surface area contributed by atoms with Crippen molar-refractivity contribution in [3.8, 4) is 11.5 Å². The highest BCUT2D eigenvalue weighted by atomic mass is 16.7. The van der Waals surface area contributed by atoms with Crippen LogP contribution in [0.4, 0.5) is 0 Å². The zero-order chi connectivity index (χ0) is 15.1. The summed E-state index contributed by atoms with van der Waals surface area (Å²) in [6, 6.07) is 5.39. The monoisotopic (exact) mass is 294 g/mol. The Labute approximate surface area is 125 Å². The minimum Gasteiger partial charge on any atom is -0.490 e. The van der Waals surface area contributed by atoms with Crippen molar-refractivity contribution in [3.05, 3.63) is 23.8 Å². The molecule has 0 amide bonds. The quantitative estimate of drug-likeness (QED) is 0.595. The van der Waals surface area contributed by atoms with E-state index in [4.69, 9.17) is 18.9 Å². The van der Waals surface area contributed by atoms with Gasteiger partial charge >= 0.3 is 5.97 Å². The van der Waals surface area contributed by atoms with Gasteiger partial charge in [0.05, 0.1) is 19.8 Å². The number of carbonyl (C=O) groups is 1. The Morgan fingerprint density at radius 3 is 2.67 bits per heavy atom. The molecule has 0 spiro atoms. The van der Waals surface area contributed by atoms with E-state index in [0.29, 0.717) is 37.7 Å². The number of hydrogen-bond donors (Lipinski definition) is 0. The highest BCUT2D eigenvalue weighted by Crippen LogP contribution is 2.33. The number of esters is 1. The Balaban J connectivity index is 2.15. The van der Waals surface area contributed by atoms with Crippen molar-refractivity contribution in [1.82, 2.24) is 0 Å². The molecule has 5 nitrogen and oxygen atoms in total. The maximum atomic E-state index is 11.6. The smallest absolute Gasteiger partial charge is 0.311 e. The first-order valence-electron chi connectivity index (χ1n) is 7.45. The molecule has 0 aromatic heterocycles. The normalized spacial score (nSPS) is 15.7. The Kier molecular flexibility index (Phi) is 6.02. The lowest BCUT2D eigenvalue weighted by Gasteiger charge is -2.24. The van der Waals surface area contributed by atoms with E-state index < -0.39 is 0 Å². The van der Waals surface area contributed by atoms with Crippen LogP contribution < -0.4 is 9.47 Å². The third-order valence-electron chi connectivity index (χ3n) is 3.04. The molecule has 5 heteroatoms. The van der Waals surface area contributed by atoms with Crippen LogP contribution in [0.5, 0.6) is 11.5 Å². The third kappa shape index (κ3) is 4.44. The minimum absolute atomic E-state index is 0.253. The molecular formula is C16H22O5. The lowest BCUT2D eigenvalue weighted by atomic mass is 10.2. The molecule has 1 aliphatic heterocycles. The highest BCUT2D eigenvalue weighted by Gasteiger charge is 2.19. The molecule has 0 aliphatic carbocycles. The lowest BCUT2D eigenvalue weighted by Crippen LogP contribution is -2.18. The van der Waals surface area contributed by atoms with Crippen LogP contribution in [0.25, 0.3) is 0 Å². The second-order valence-electron chi connectivity index (χ2n) is 4.79. The zero-order valence-corrected chi connectivity index (χ0v) is 12.6. The zero-order valence-electron chi connectivity index (χ0n) is 12.6. The van der Waals surface area contributed by atoms with Crippen molar-refractivity contribution < 1.29 is 23.7 Å². The second-order valence-corrected chi connectivity index (χ2v) is 4.79. The molecule has 0 saturated carbocycles. The Morgan fingerprint density at radius 2 is 2.00 bits per heavy atom. The molecule has 0 atom stereocenters. The molecule has 1 fully saturated rings. The van der Waals surface area contributed by atoms with Gasteiger partial charge in [0.2, 0.25) is 0 Å². The van der Waals surface area contributed by atoms with Gasteiger partial charge in [-0.2, -0.15) is 0 Å². The van der Waals surface area contributed by atoms with Gasteiger partial charge in [-0.3, -0.25) is 4.79 Å². The molecule has 0 bridgehead atoms. The van der Waals surface area contributed by atoms with Gasteiger partial charge in [0.15, 0.2) is 17.8 Å². The van der Waals surface area contributed by atoms with Crippen LogP contribution in [0.1, 0.15) is 45.0 Å². The van der Waals surface area contributed by atoms with E-state index in [0.717, 1.165) is 18.4 Å². The summed E-state index contributed by atoms with van der Waals surface area (Å²) in [5, 5.41) is 0. The van der Waals surface area contributed by atoms with Crippen molar-refractivity contribution in [2.24, 2.45) is 0 Å². The summed E-state index contributed by atoms with van der Waals surface area (Å²) in [7, 11) is 0. The first-order valence-corrected chi connectivity index (χ1v) is 7.45. The number of carbonyl (C=O) groups excluding carboxylic acids is 1. The van der Waals surface area contributed by atoms with Gasteiger partial charge in [-0.1, -0.05) is 6.92 Å². The van der Waals surface area contributed by atoms with Crippen LogP contribution in [-0.2, 0) is 14.3 Å². The standard InChI is InChI=1S/C16H22O5/c1-3-6-15(17)21-13-8-7-12(11-14(13)18-4-2)16-19-9-5-10-20-16/h7-8,11,16H,3-6,9-10H2,1-2H3. The Morgan fingerprint density at radius 1 is 1.24 bits per heavy atom. The van der Waals surface area contributed by atoms with Crippen molar-refractivity contribution in [2.75, 3.05) is 19.8 Å². The first kappa shape index (κ1) is 15.8. The van der Waals surface area contributed by atoms with Gasteiger partial charge < -0.3 is 18.9 Å². The average molecular weight is 294 g/mol. The maximum Gasteiger partial charge on any atom is 0.311 e. The number of benzene rings is 1. The van der Waals surface area contributed by atoms with Crippen LogP contribution >= 0.6 is 0 Å². The summed E-state index contributed by atoms with van der Waals surface area (Å²) in [5.74, 6) is 0.725. The average Bonchev–Trinajstić information content (AvgIpc) is 2.50. The predicted molar refractivity (Wildman–Crippen MR) is 77.4 cm³/mol. The van der Waals surface area contributed by atoms with Crippen LogP contribution in [0.15, 0.2) is 18.2 Å². The molecule has 0 N–H and O–H groups in total. The molecule has 1 saturated heterocycles. The number of rotatable bonds is 6. The van der Waals surface area contributed by atoms with Crippen LogP contribution in [0.3, 0.4) is 0 Å². The molecule has 1 aliphatic rings. The third-order valence-corrected chi connectivity index (χ3v) is 3.04. The van der Waals surface area contributed by atoms with Gasteiger partial charge in [0.1, 0.15) is 0 Å². The van der Waals surface area contributed by atoms with Crippen LogP contribution in [0.2, 0.25) is 0 Å². The van der Waals surface area contributed by atoms with Gasteiger partial charge in [-0.15, -0.1) is 0 Å². The van der Waals surface area contributed by atoms with Gasteiger partial charge in [-0.05, 0) is 38.0 Å². The number of hydrogen-bond acceptors (Lipinski definition) is 5. The van der Waals surface area contributed by atoms with Gasteiger partial charge in [0, 0.05) is 12.0 Å². The molecule has 21 heavy (non-hydrogen) atoms. The molecule has 0 unspecified atom stereocenters. The van der Waals surface area contributed by atoms with E-state index in [1.807, 2.05) is 26.0 Å². The molecule has 2 rings (SSSR count). The van der Waals surface area contributed by atoms with E-state index in [1.165, 1.54) is 0 Å². The van der Waals surface area contributed by atoms with E-state index in [-0.39, 0.29) is 12.3 Å². The second kappa shape index (κ2) is 8.00. The van der Waals surface area contributed by atoms with Crippen molar-refractivity contribution >= 4 is 5.97 Å². The van der Waals surface area contributed by atoms with Gasteiger partial charge in [0.25, 0.3) is 0 Å². The topological polar surface area (TPSA) is 54.0 Å².